The molecule has 0 aliphatic rings. The molecule has 72 valence electrons. The second-order valence-corrected chi connectivity index (χ2v) is 3.55. The fraction of sp³-hybridized carbons (Fsp3) is 0.273. The summed E-state index contributed by atoms with van der Waals surface area (Å²) in [6.45, 7) is 4.18. The zero-order valence-corrected chi connectivity index (χ0v) is 8.36. The van der Waals surface area contributed by atoms with Crippen LogP contribution in [0.5, 0.6) is 0 Å². The lowest BCUT2D eigenvalue weighted by Crippen LogP contribution is -2.10. The number of hydrogen-bond donors (Lipinski definition) is 1. The summed E-state index contributed by atoms with van der Waals surface area (Å²) in [4.78, 5) is 8.59. The van der Waals surface area contributed by atoms with E-state index in [4.69, 9.17) is 0 Å². The van der Waals surface area contributed by atoms with Gasteiger partial charge in [0.15, 0.2) is 5.65 Å². The van der Waals surface area contributed by atoms with E-state index in [0.717, 1.165) is 16.9 Å². The van der Waals surface area contributed by atoms with Gasteiger partial charge < -0.3 is 5.32 Å². The van der Waals surface area contributed by atoms with Gasteiger partial charge in [0.2, 0.25) is 0 Å². The molecule has 0 radical (unpaired) electrons. The van der Waals surface area contributed by atoms with Gasteiger partial charge in [-0.2, -0.15) is 0 Å². The predicted octanol–water partition coefficient (Wildman–Crippen LogP) is 2.45. The van der Waals surface area contributed by atoms with Crippen LogP contribution in [0.2, 0.25) is 0 Å². The van der Waals surface area contributed by atoms with Gasteiger partial charge in [-0.15, -0.1) is 0 Å². The van der Waals surface area contributed by atoms with Crippen molar-refractivity contribution in [2.75, 3.05) is 5.32 Å². The Morgan fingerprint density at radius 1 is 1.21 bits per heavy atom. The minimum atomic E-state index is 0.392. The van der Waals surface area contributed by atoms with E-state index in [-0.39, 0.29) is 0 Å². The van der Waals surface area contributed by atoms with Crippen LogP contribution in [0.15, 0.2) is 30.5 Å². The standard InChI is InChI=1S/C11H13N3/c1-8(2)13-10-6-5-9-4-3-7-12-11(9)14-10/h3-8H,1-2H3,(H,12,13,14). The number of pyridine rings is 2. The Morgan fingerprint density at radius 3 is 2.86 bits per heavy atom. The van der Waals surface area contributed by atoms with E-state index >= 15 is 0 Å². The Kier molecular flexibility index (Phi) is 2.31. The first-order valence-corrected chi connectivity index (χ1v) is 4.74. The molecule has 2 heterocycles. The minimum Gasteiger partial charge on any atom is -0.368 e. The molecule has 3 nitrogen and oxygen atoms in total. The van der Waals surface area contributed by atoms with Crippen molar-refractivity contribution < 1.29 is 0 Å². The highest BCUT2D eigenvalue weighted by atomic mass is 15.0. The van der Waals surface area contributed by atoms with Gasteiger partial charge in [0.1, 0.15) is 5.82 Å². The lowest BCUT2D eigenvalue weighted by Gasteiger charge is -2.08. The third-order valence-electron chi connectivity index (χ3n) is 1.90. The molecule has 0 spiro atoms. The maximum Gasteiger partial charge on any atom is 0.161 e. The summed E-state index contributed by atoms with van der Waals surface area (Å²) in [6, 6.07) is 8.32. The molecule has 0 saturated carbocycles. The van der Waals surface area contributed by atoms with E-state index in [1.807, 2.05) is 24.3 Å². The van der Waals surface area contributed by atoms with E-state index in [1.54, 1.807) is 6.20 Å². The van der Waals surface area contributed by atoms with Gasteiger partial charge >= 0.3 is 0 Å². The molecule has 0 aromatic carbocycles. The van der Waals surface area contributed by atoms with Gasteiger partial charge in [0.05, 0.1) is 0 Å². The van der Waals surface area contributed by atoms with Crippen molar-refractivity contribution >= 4 is 16.9 Å². The number of aromatic nitrogens is 2. The first-order chi connectivity index (χ1) is 6.75. The number of nitrogens with zero attached hydrogens (tertiary/aromatic N) is 2. The minimum absolute atomic E-state index is 0.392. The first-order valence-electron chi connectivity index (χ1n) is 4.74. The van der Waals surface area contributed by atoms with Gasteiger partial charge in [-0.1, -0.05) is 0 Å². The summed E-state index contributed by atoms with van der Waals surface area (Å²) in [6.07, 6.45) is 1.76. The van der Waals surface area contributed by atoms with E-state index in [9.17, 15) is 0 Å². The third-order valence-corrected chi connectivity index (χ3v) is 1.90. The molecule has 0 fully saturated rings. The summed E-state index contributed by atoms with van der Waals surface area (Å²) >= 11 is 0. The first kappa shape index (κ1) is 8.94. The zero-order chi connectivity index (χ0) is 9.97. The van der Waals surface area contributed by atoms with Gasteiger partial charge in [-0.05, 0) is 38.1 Å². The Balaban J connectivity index is 2.41. The number of nitrogens with one attached hydrogen (secondary N) is 1. The second kappa shape index (κ2) is 3.62. The number of anilines is 1. The number of hydrogen-bond acceptors (Lipinski definition) is 3. The Morgan fingerprint density at radius 2 is 2.07 bits per heavy atom. The Labute approximate surface area is 83.2 Å². The Hall–Kier alpha value is -1.64. The summed E-state index contributed by atoms with van der Waals surface area (Å²) in [7, 11) is 0. The maximum atomic E-state index is 4.39. The van der Waals surface area contributed by atoms with E-state index in [0.29, 0.717) is 6.04 Å². The average molecular weight is 187 g/mol. The van der Waals surface area contributed by atoms with Gasteiger partial charge in [-0.25, -0.2) is 9.97 Å². The van der Waals surface area contributed by atoms with E-state index in [1.165, 1.54) is 0 Å². The highest BCUT2D eigenvalue weighted by molar-refractivity contribution is 5.76. The second-order valence-electron chi connectivity index (χ2n) is 3.55. The molecule has 2 aromatic heterocycles. The molecule has 2 aromatic rings. The average Bonchev–Trinajstić information content (AvgIpc) is 2.17. The summed E-state index contributed by atoms with van der Waals surface area (Å²) in [5, 5.41) is 4.32. The topological polar surface area (TPSA) is 37.8 Å². The molecule has 2 rings (SSSR count). The van der Waals surface area contributed by atoms with Gasteiger partial charge in [0.25, 0.3) is 0 Å². The lowest BCUT2D eigenvalue weighted by molar-refractivity contribution is 0.890. The number of fused-ring (bicyclic) bond motifs is 1. The van der Waals surface area contributed by atoms with Crippen LogP contribution in [0.25, 0.3) is 11.0 Å². The number of rotatable bonds is 2. The van der Waals surface area contributed by atoms with Crippen molar-refractivity contribution in [2.45, 2.75) is 19.9 Å². The quantitative estimate of drug-likeness (QED) is 0.784. The molecule has 3 heteroatoms. The van der Waals surface area contributed by atoms with E-state index in [2.05, 4.69) is 29.1 Å². The molecule has 1 N–H and O–H groups in total. The molecule has 0 aliphatic heterocycles. The van der Waals surface area contributed by atoms with Crippen molar-refractivity contribution in [3.63, 3.8) is 0 Å². The van der Waals surface area contributed by atoms with Crippen molar-refractivity contribution in [3.8, 4) is 0 Å². The smallest absolute Gasteiger partial charge is 0.161 e. The fourth-order valence-electron chi connectivity index (χ4n) is 1.33. The summed E-state index contributed by atoms with van der Waals surface area (Å²) < 4.78 is 0. The Bertz CT molecular complexity index is 437. The molecule has 0 bridgehead atoms. The molecule has 0 unspecified atom stereocenters. The largest absolute Gasteiger partial charge is 0.368 e. The van der Waals surface area contributed by atoms with Crippen molar-refractivity contribution in [1.29, 1.82) is 0 Å². The normalized spacial score (nSPS) is 10.8. The molecular formula is C11H13N3. The molecule has 0 aliphatic carbocycles. The van der Waals surface area contributed by atoms with Crippen LogP contribution in [0.4, 0.5) is 5.82 Å². The summed E-state index contributed by atoms with van der Waals surface area (Å²) in [5.41, 5.74) is 0.790. The van der Waals surface area contributed by atoms with Crippen LogP contribution in [0, 0.1) is 0 Å². The molecular weight excluding hydrogens is 174 g/mol. The van der Waals surface area contributed by atoms with Crippen LogP contribution in [-0.2, 0) is 0 Å². The van der Waals surface area contributed by atoms with Crippen LogP contribution in [-0.4, -0.2) is 16.0 Å². The van der Waals surface area contributed by atoms with Crippen LogP contribution >= 0.6 is 0 Å². The van der Waals surface area contributed by atoms with Crippen molar-refractivity contribution in [2.24, 2.45) is 0 Å². The highest BCUT2D eigenvalue weighted by Gasteiger charge is 1.99. The molecule has 14 heavy (non-hydrogen) atoms. The zero-order valence-electron chi connectivity index (χ0n) is 8.36. The molecule has 0 atom stereocenters. The summed E-state index contributed by atoms with van der Waals surface area (Å²) in [5.74, 6) is 0.881. The molecule has 0 amide bonds. The van der Waals surface area contributed by atoms with Crippen LogP contribution in [0.3, 0.4) is 0 Å². The third kappa shape index (κ3) is 1.82. The maximum absolute atomic E-state index is 4.39. The van der Waals surface area contributed by atoms with Gasteiger partial charge in [0, 0.05) is 17.6 Å². The molecule has 0 saturated heterocycles. The van der Waals surface area contributed by atoms with Crippen molar-refractivity contribution in [1.82, 2.24) is 9.97 Å². The van der Waals surface area contributed by atoms with Crippen LogP contribution < -0.4 is 5.32 Å². The van der Waals surface area contributed by atoms with Crippen LogP contribution in [0.1, 0.15) is 13.8 Å². The predicted molar refractivity (Wildman–Crippen MR) is 58.3 cm³/mol. The SMILES string of the molecule is CC(C)Nc1ccc2cccnc2n1. The highest BCUT2D eigenvalue weighted by Crippen LogP contribution is 2.12. The monoisotopic (exact) mass is 187 g/mol. The van der Waals surface area contributed by atoms with Crippen molar-refractivity contribution in [3.05, 3.63) is 30.5 Å². The van der Waals surface area contributed by atoms with E-state index < -0.39 is 0 Å². The fourth-order valence-corrected chi connectivity index (χ4v) is 1.33. The van der Waals surface area contributed by atoms with Gasteiger partial charge in [-0.3, -0.25) is 0 Å². The lowest BCUT2D eigenvalue weighted by atomic mass is 10.3.